The van der Waals surface area contributed by atoms with Crippen molar-refractivity contribution in [3.63, 3.8) is 0 Å². The molecule has 20 heavy (non-hydrogen) atoms. The maximum absolute atomic E-state index is 13.0. The Balaban J connectivity index is 1.80. The molecule has 1 aromatic carbocycles. The van der Waals surface area contributed by atoms with Gasteiger partial charge < -0.3 is 5.32 Å². The minimum absolute atomic E-state index is 0.341. The zero-order chi connectivity index (χ0) is 14.8. The lowest BCUT2D eigenvalue weighted by Crippen LogP contribution is -2.41. The van der Waals surface area contributed by atoms with Gasteiger partial charge >= 0.3 is 0 Å². The van der Waals surface area contributed by atoms with Crippen molar-refractivity contribution in [2.24, 2.45) is 0 Å². The second-order valence-electron chi connectivity index (χ2n) is 5.46. The molecule has 110 valence electrons. The Kier molecular flexibility index (Phi) is 4.38. The van der Waals surface area contributed by atoms with Crippen molar-refractivity contribution < 1.29 is 13.6 Å². The van der Waals surface area contributed by atoms with Crippen molar-refractivity contribution in [3.8, 4) is 0 Å². The van der Waals surface area contributed by atoms with Crippen LogP contribution in [0.1, 0.15) is 23.1 Å². The van der Waals surface area contributed by atoms with E-state index < -0.39 is 24.9 Å². The van der Waals surface area contributed by atoms with Gasteiger partial charge in [-0.1, -0.05) is 23.8 Å². The van der Waals surface area contributed by atoms with Crippen molar-refractivity contribution in [3.05, 3.63) is 34.9 Å². The maximum Gasteiger partial charge on any atom is 0.262 e. The third kappa shape index (κ3) is 3.76. The van der Waals surface area contributed by atoms with E-state index in [0.717, 1.165) is 0 Å². The highest BCUT2D eigenvalue weighted by Crippen LogP contribution is 2.25. The molecule has 0 spiro atoms. The van der Waals surface area contributed by atoms with Crippen LogP contribution in [0.25, 0.3) is 0 Å². The largest absolute Gasteiger partial charge is 0.354 e. The normalized spacial score (nSPS) is 20.9. The molecule has 3 nitrogen and oxygen atoms in total. The van der Waals surface area contributed by atoms with Gasteiger partial charge in [0.2, 0.25) is 5.91 Å². The number of aryl methyl sites for hydroxylation is 2. The molecule has 1 fully saturated rings. The van der Waals surface area contributed by atoms with Gasteiger partial charge in [-0.3, -0.25) is 10.1 Å². The highest BCUT2D eigenvalue weighted by molar-refractivity contribution is 5.82. The van der Waals surface area contributed by atoms with Gasteiger partial charge in [0.1, 0.15) is 0 Å². The number of carbonyl (C=O) groups excluding carboxylic acids is 1. The molecular formula is C15H20F2N2O. The van der Waals surface area contributed by atoms with Crippen LogP contribution in [-0.2, 0) is 11.2 Å². The molecule has 1 atom stereocenters. The smallest absolute Gasteiger partial charge is 0.262 e. The van der Waals surface area contributed by atoms with E-state index in [0.29, 0.717) is 13.0 Å². The van der Waals surface area contributed by atoms with E-state index in [2.05, 4.69) is 16.7 Å². The van der Waals surface area contributed by atoms with Gasteiger partial charge in [-0.05, 0) is 31.4 Å². The Morgan fingerprint density at radius 1 is 1.45 bits per heavy atom. The predicted octanol–water partition coefficient (Wildman–Crippen LogP) is 1.96. The Hall–Kier alpha value is -1.49. The first-order valence-corrected chi connectivity index (χ1v) is 6.82. The van der Waals surface area contributed by atoms with E-state index in [1.165, 1.54) is 16.7 Å². The number of carbonyl (C=O) groups is 1. The number of alkyl halides is 2. The summed E-state index contributed by atoms with van der Waals surface area (Å²) < 4.78 is 26.0. The van der Waals surface area contributed by atoms with Gasteiger partial charge in [0.05, 0.1) is 12.6 Å². The molecule has 0 aliphatic carbocycles. The predicted molar refractivity (Wildman–Crippen MR) is 74.0 cm³/mol. The Morgan fingerprint density at radius 3 is 2.80 bits per heavy atom. The third-order valence-electron chi connectivity index (χ3n) is 3.62. The fourth-order valence-corrected chi connectivity index (χ4v) is 2.47. The summed E-state index contributed by atoms with van der Waals surface area (Å²) >= 11 is 0. The molecule has 1 aliphatic rings. The van der Waals surface area contributed by atoms with Crippen molar-refractivity contribution in [1.82, 2.24) is 10.6 Å². The number of nitrogens with one attached hydrogen (secondary N) is 2. The van der Waals surface area contributed by atoms with Crippen LogP contribution in [0, 0.1) is 13.8 Å². The van der Waals surface area contributed by atoms with Gasteiger partial charge in [0.15, 0.2) is 0 Å². The van der Waals surface area contributed by atoms with E-state index in [-0.39, 0.29) is 5.91 Å². The molecule has 0 radical (unpaired) electrons. The molecule has 1 amide bonds. The molecule has 1 unspecified atom stereocenters. The van der Waals surface area contributed by atoms with Gasteiger partial charge in [0.25, 0.3) is 5.92 Å². The lowest BCUT2D eigenvalue weighted by molar-refractivity contribution is -0.123. The molecule has 1 aromatic rings. The van der Waals surface area contributed by atoms with Gasteiger partial charge in [0, 0.05) is 13.0 Å². The van der Waals surface area contributed by atoms with Crippen LogP contribution in [0.2, 0.25) is 0 Å². The maximum atomic E-state index is 13.0. The van der Waals surface area contributed by atoms with E-state index in [1.807, 2.05) is 26.0 Å². The summed E-state index contributed by atoms with van der Waals surface area (Å²) in [6.07, 6.45) is 0.295. The summed E-state index contributed by atoms with van der Waals surface area (Å²) in [5, 5.41) is 5.27. The molecule has 1 heterocycles. The number of rotatable bonds is 4. The molecular weight excluding hydrogens is 262 g/mol. The summed E-state index contributed by atoms with van der Waals surface area (Å²) in [5.74, 6) is -3.11. The summed E-state index contributed by atoms with van der Waals surface area (Å²) in [4.78, 5) is 11.8. The van der Waals surface area contributed by atoms with E-state index in [9.17, 15) is 13.6 Å². The Morgan fingerprint density at radius 2 is 2.20 bits per heavy atom. The second-order valence-corrected chi connectivity index (χ2v) is 5.46. The van der Waals surface area contributed by atoms with Crippen LogP contribution in [0.15, 0.2) is 18.2 Å². The first-order valence-electron chi connectivity index (χ1n) is 6.82. The number of hydrogen-bond donors (Lipinski definition) is 2. The minimum Gasteiger partial charge on any atom is -0.354 e. The highest BCUT2D eigenvalue weighted by Gasteiger charge is 2.42. The SMILES string of the molecule is Cc1ccc(CCNC(=O)C2CC(F)(F)CN2)c(C)c1. The van der Waals surface area contributed by atoms with Crippen LogP contribution in [0.3, 0.4) is 0 Å². The van der Waals surface area contributed by atoms with Gasteiger partial charge in [-0.15, -0.1) is 0 Å². The molecule has 0 aromatic heterocycles. The number of benzene rings is 1. The van der Waals surface area contributed by atoms with Crippen molar-refractivity contribution in [2.75, 3.05) is 13.1 Å². The quantitative estimate of drug-likeness (QED) is 0.886. The zero-order valence-corrected chi connectivity index (χ0v) is 11.8. The first kappa shape index (κ1) is 14.9. The molecule has 0 saturated carbocycles. The summed E-state index contributed by atoms with van der Waals surface area (Å²) in [5.41, 5.74) is 3.55. The summed E-state index contributed by atoms with van der Waals surface area (Å²) in [7, 11) is 0. The van der Waals surface area contributed by atoms with Gasteiger partial charge in [-0.25, -0.2) is 8.78 Å². The fraction of sp³-hybridized carbons (Fsp3) is 0.533. The summed E-state index contributed by atoms with van der Waals surface area (Å²) in [6.45, 7) is 4.11. The van der Waals surface area contributed by atoms with Crippen molar-refractivity contribution in [2.45, 2.75) is 38.7 Å². The average molecular weight is 282 g/mol. The minimum atomic E-state index is -2.77. The lowest BCUT2D eigenvalue weighted by atomic mass is 10.0. The van der Waals surface area contributed by atoms with Crippen LogP contribution in [-0.4, -0.2) is 31.0 Å². The molecule has 2 N–H and O–H groups in total. The van der Waals surface area contributed by atoms with Crippen LogP contribution in [0.4, 0.5) is 8.78 Å². The zero-order valence-electron chi connectivity index (χ0n) is 11.8. The van der Waals surface area contributed by atoms with E-state index >= 15 is 0 Å². The monoisotopic (exact) mass is 282 g/mol. The Bertz CT molecular complexity index is 503. The standard InChI is InChI=1S/C15H20F2N2O/c1-10-3-4-12(11(2)7-10)5-6-18-14(20)13-8-15(16,17)9-19-13/h3-4,7,13,19H,5-6,8-9H2,1-2H3,(H,18,20). The van der Waals surface area contributed by atoms with Crippen molar-refractivity contribution >= 4 is 5.91 Å². The van der Waals surface area contributed by atoms with E-state index in [4.69, 9.17) is 0 Å². The van der Waals surface area contributed by atoms with E-state index in [1.54, 1.807) is 0 Å². The summed E-state index contributed by atoms with van der Waals surface area (Å²) in [6, 6.07) is 5.39. The third-order valence-corrected chi connectivity index (χ3v) is 3.62. The van der Waals surface area contributed by atoms with Gasteiger partial charge in [-0.2, -0.15) is 0 Å². The number of halogens is 2. The topological polar surface area (TPSA) is 41.1 Å². The van der Waals surface area contributed by atoms with Crippen LogP contribution in [0.5, 0.6) is 0 Å². The van der Waals surface area contributed by atoms with Crippen LogP contribution < -0.4 is 10.6 Å². The molecule has 1 saturated heterocycles. The molecule has 1 aliphatic heterocycles. The highest BCUT2D eigenvalue weighted by atomic mass is 19.3. The molecule has 0 bridgehead atoms. The van der Waals surface area contributed by atoms with Crippen LogP contribution >= 0.6 is 0 Å². The molecule has 2 rings (SSSR count). The average Bonchev–Trinajstić information content (AvgIpc) is 2.72. The Labute approximate surface area is 117 Å². The number of hydrogen-bond acceptors (Lipinski definition) is 2. The van der Waals surface area contributed by atoms with Crippen molar-refractivity contribution in [1.29, 1.82) is 0 Å². The molecule has 5 heteroatoms. The second kappa shape index (κ2) is 5.87. The number of amides is 1. The first-order chi connectivity index (χ1) is 9.37. The lowest BCUT2D eigenvalue weighted by Gasteiger charge is -2.12. The fourth-order valence-electron chi connectivity index (χ4n) is 2.47.